The zero-order valence-corrected chi connectivity index (χ0v) is 22.1. The average Bonchev–Trinajstić information content (AvgIpc) is 3.34. The lowest BCUT2D eigenvalue weighted by atomic mass is 10.2. The average molecular weight is 551 g/mol. The van der Waals surface area contributed by atoms with Crippen molar-refractivity contribution >= 4 is 29.9 Å². The van der Waals surface area contributed by atoms with Crippen LogP contribution >= 0.6 is 24.0 Å². The van der Waals surface area contributed by atoms with Crippen molar-refractivity contribution in [1.82, 2.24) is 29.5 Å². The highest BCUT2D eigenvalue weighted by molar-refractivity contribution is 14.0. The topological polar surface area (TPSA) is 72.5 Å². The Morgan fingerprint density at radius 1 is 1.22 bits per heavy atom. The maximum absolute atomic E-state index is 5.29. The van der Waals surface area contributed by atoms with Crippen LogP contribution in [-0.4, -0.2) is 57.9 Å². The van der Waals surface area contributed by atoms with E-state index in [2.05, 4.69) is 80.6 Å². The lowest BCUT2D eigenvalue weighted by molar-refractivity contribution is 0.414. The highest BCUT2D eigenvalue weighted by atomic mass is 127. The second kappa shape index (κ2) is 11.9. The van der Waals surface area contributed by atoms with Gasteiger partial charge < -0.3 is 24.1 Å². The van der Waals surface area contributed by atoms with Crippen LogP contribution < -0.4 is 10.1 Å². The maximum atomic E-state index is 5.29. The summed E-state index contributed by atoms with van der Waals surface area (Å²) in [6.45, 7) is 8.71. The smallest absolute Gasteiger partial charge is 0.193 e. The van der Waals surface area contributed by atoms with Crippen molar-refractivity contribution in [3.63, 3.8) is 0 Å². The summed E-state index contributed by atoms with van der Waals surface area (Å²) in [5.74, 6) is 2.72. The van der Waals surface area contributed by atoms with Gasteiger partial charge in [-0.3, -0.25) is 4.99 Å². The fraction of sp³-hybridized carbons (Fsp3) is 0.435. The van der Waals surface area contributed by atoms with Gasteiger partial charge in [0.2, 0.25) is 0 Å². The Kier molecular flexibility index (Phi) is 9.55. The van der Waals surface area contributed by atoms with Gasteiger partial charge in [-0.1, -0.05) is 6.92 Å². The second-order valence-corrected chi connectivity index (χ2v) is 7.55. The highest BCUT2D eigenvalue weighted by Crippen LogP contribution is 2.23. The first-order chi connectivity index (χ1) is 15.0. The van der Waals surface area contributed by atoms with Gasteiger partial charge in [0, 0.05) is 57.2 Å². The molecule has 0 saturated carbocycles. The largest absolute Gasteiger partial charge is 0.497 e. The minimum Gasteiger partial charge on any atom is -0.497 e. The molecule has 0 saturated heterocycles. The van der Waals surface area contributed by atoms with Crippen molar-refractivity contribution in [2.75, 3.05) is 27.7 Å². The molecule has 174 valence electrons. The molecule has 0 atom stereocenters. The molecule has 32 heavy (non-hydrogen) atoms. The molecule has 3 rings (SSSR count). The van der Waals surface area contributed by atoms with E-state index in [0.717, 1.165) is 49.3 Å². The molecule has 0 aliphatic carbocycles. The summed E-state index contributed by atoms with van der Waals surface area (Å²) < 4.78 is 9.63. The van der Waals surface area contributed by atoms with Gasteiger partial charge in [-0.15, -0.1) is 34.2 Å². The summed E-state index contributed by atoms with van der Waals surface area (Å²) in [6, 6.07) is 10.4. The third kappa shape index (κ3) is 5.81. The second-order valence-electron chi connectivity index (χ2n) is 7.55. The van der Waals surface area contributed by atoms with Gasteiger partial charge in [-0.25, -0.2) is 0 Å². The summed E-state index contributed by atoms with van der Waals surface area (Å²) in [6.07, 6.45) is 2.65. The number of aromatic nitrogens is 4. The van der Waals surface area contributed by atoms with Crippen molar-refractivity contribution in [2.45, 2.75) is 40.3 Å². The Hall–Kier alpha value is -2.56. The number of benzene rings is 1. The van der Waals surface area contributed by atoms with Crippen molar-refractivity contribution in [2.24, 2.45) is 4.99 Å². The number of aliphatic imine (C=N–C) groups is 1. The molecule has 0 aliphatic heterocycles. The van der Waals surface area contributed by atoms with E-state index in [1.807, 2.05) is 19.2 Å². The maximum Gasteiger partial charge on any atom is 0.193 e. The number of nitrogens with one attached hydrogen (secondary N) is 1. The first kappa shape index (κ1) is 25.7. The molecular weight excluding hydrogens is 517 g/mol. The number of methoxy groups -OCH3 is 1. The molecule has 3 aromatic rings. The Morgan fingerprint density at radius 2 is 1.94 bits per heavy atom. The fourth-order valence-electron chi connectivity index (χ4n) is 3.86. The Balaban J connectivity index is 0.00000363. The van der Waals surface area contributed by atoms with Gasteiger partial charge in [0.25, 0.3) is 0 Å². The first-order valence-corrected chi connectivity index (χ1v) is 10.6. The number of ether oxygens (including phenoxy) is 1. The molecule has 8 nitrogen and oxygen atoms in total. The van der Waals surface area contributed by atoms with Crippen LogP contribution in [-0.2, 0) is 19.5 Å². The predicted octanol–water partition coefficient (Wildman–Crippen LogP) is 3.58. The molecule has 2 heterocycles. The number of aryl methyl sites for hydroxylation is 2. The normalized spacial score (nSPS) is 11.2. The van der Waals surface area contributed by atoms with Crippen LogP contribution in [0.15, 0.2) is 41.7 Å². The van der Waals surface area contributed by atoms with Crippen LogP contribution in [0.4, 0.5) is 0 Å². The van der Waals surface area contributed by atoms with Crippen molar-refractivity contribution in [3.05, 3.63) is 59.4 Å². The molecule has 1 aromatic carbocycles. The van der Waals surface area contributed by atoms with Gasteiger partial charge in [0.15, 0.2) is 5.96 Å². The van der Waals surface area contributed by atoms with Crippen molar-refractivity contribution in [1.29, 1.82) is 0 Å². The molecule has 0 unspecified atom stereocenters. The van der Waals surface area contributed by atoms with Crippen LogP contribution in [0.3, 0.4) is 0 Å². The number of guanidine groups is 1. The van der Waals surface area contributed by atoms with E-state index in [9.17, 15) is 0 Å². The number of halogens is 1. The van der Waals surface area contributed by atoms with E-state index in [1.54, 1.807) is 13.4 Å². The number of rotatable bonds is 8. The fourth-order valence-corrected chi connectivity index (χ4v) is 3.86. The van der Waals surface area contributed by atoms with Gasteiger partial charge >= 0.3 is 0 Å². The molecule has 0 aliphatic rings. The van der Waals surface area contributed by atoms with Crippen LogP contribution in [0.2, 0.25) is 0 Å². The zero-order valence-electron chi connectivity index (χ0n) is 19.8. The minimum absolute atomic E-state index is 0. The van der Waals surface area contributed by atoms with E-state index in [-0.39, 0.29) is 24.0 Å². The van der Waals surface area contributed by atoms with E-state index in [1.165, 1.54) is 17.0 Å². The van der Waals surface area contributed by atoms with Crippen LogP contribution in [0, 0.1) is 13.8 Å². The standard InChI is InChI=1S/C23H33N7O.HI/c1-7-22-27-26-16-29(22)13-12-25-23(24-4)28(5)15-19-14-17(2)30(18(19)3)20-8-10-21(31-6)11-9-20;/h8-11,14,16H,7,12-13,15H2,1-6H3,(H,24,25);1H. The monoisotopic (exact) mass is 551 g/mol. The van der Waals surface area contributed by atoms with E-state index in [4.69, 9.17) is 4.74 Å². The molecular formula is C23H34IN7O. The molecule has 9 heteroatoms. The molecule has 0 fully saturated rings. The van der Waals surface area contributed by atoms with Crippen LogP contribution in [0.1, 0.15) is 29.7 Å². The summed E-state index contributed by atoms with van der Waals surface area (Å²) in [5.41, 5.74) is 4.83. The van der Waals surface area contributed by atoms with E-state index >= 15 is 0 Å². The van der Waals surface area contributed by atoms with Gasteiger partial charge in [-0.05, 0) is 49.7 Å². The lowest BCUT2D eigenvalue weighted by Crippen LogP contribution is -2.40. The highest BCUT2D eigenvalue weighted by Gasteiger charge is 2.14. The Morgan fingerprint density at radius 3 is 2.56 bits per heavy atom. The van der Waals surface area contributed by atoms with Crippen molar-refractivity contribution in [3.8, 4) is 11.4 Å². The lowest BCUT2D eigenvalue weighted by Gasteiger charge is -2.22. The summed E-state index contributed by atoms with van der Waals surface area (Å²) in [4.78, 5) is 6.60. The van der Waals surface area contributed by atoms with Gasteiger partial charge in [0.05, 0.1) is 7.11 Å². The van der Waals surface area contributed by atoms with Crippen LogP contribution in [0.25, 0.3) is 5.69 Å². The quantitative estimate of drug-likeness (QED) is 0.263. The van der Waals surface area contributed by atoms with Gasteiger partial charge in [0.1, 0.15) is 17.9 Å². The summed E-state index contributed by atoms with van der Waals surface area (Å²) >= 11 is 0. The predicted molar refractivity (Wildman–Crippen MR) is 139 cm³/mol. The summed E-state index contributed by atoms with van der Waals surface area (Å²) in [5, 5.41) is 11.6. The Bertz CT molecular complexity index is 1020. The van der Waals surface area contributed by atoms with E-state index < -0.39 is 0 Å². The molecule has 0 radical (unpaired) electrons. The molecule has 0 amide bonds. The zero-order chi connectivity index (χ0) is 22.4. The Labute approximate surface area is 207 Å². The first-order valence-electron chi connectivity index (χ1n) is 10.6. The van der Waals surface area contributed by atoms with Gasteiger partial charge in [-0.2, -0.15) is 0 Å². The van der Waals surface area contributed by atoms with E-state index in [0.29, 0.717) is 0 Å². The molecule has 2 aromatic heterocycles. The molecule has 0 bridgehead atoms. The van der Waals surface area contributed by atoms with Crippen LogP contribution in [0.5, 0.6) is 5.75 Å². The minimum atomic E-state index is 0. The SMILES string of the molecule is CCc1nncn1CCNC(=NC)N(C)Cc1cc(C)n(-c2ccc(OC)cc2)c1C.I. The molecule has 0 spiro atoms. The number of hydrogen-bond acceptors (Lipinski definition) is 4. The number of nitrogens with zero attached hydrogens (tertiary/aromatic N) is 6. The third-order valence-electron chi connectivity index (χ3n) is 5.50. The molecule has 1 N–H and O–H groups in total. The summed E-state index contributed by atoms with van der Waals surface area (Å²) in [7, 11) is 5.56. The number of hydrogen-bond donors (Lipinski definition) is 1. The third-order valence-corrected chi connectivity index (χ3v) is 5.50. The van der Waals surface area contributed by atoms with Crippen molar-refractivity contribution < 1.29 is 4.74 Å².